The summed E-state index contributed by atoms with van der Waals surface area (Å²) in [6, 6.07) is 0. The summed E-state index contributed by atoms with van der Waals surface area (Å²) in [5.41, 5.74) is 5.56. The van der Waals surface area contributed by atoms with E-state index in [1.807, 2.05) is 0 Å². The van der Waals surface area contributed by atoms with Gasteiger partial charge in [-0.15, -0.1) is 0 Å². The van der Waals surface area contributed by atoms with E-state index in [1.54, 1.807) is 0 Å². The number of ether oxygens (including phenoxy) is 2. The van der Waals surface area contributed by atoms with Crippen molar-refractivity contribution >= 4 is 28.3 Å². The molecule has 1 aromatic rings. The van der Waals surface area contributed by atoms with Crippen molar-refractivity contribution < 1.29 is 27.4 Å². The molecule has 0 unspecified atom stereocenters. The monoisotopic (exact) mass is 299 g/mol. The summed E-state index contributed by atoms with van der Waals surface area (Å²) in [5.74, 6) is -0.652. The number of halogens is 3. The lowest BCUT2D eigenvalue weighted by atomic mass is 10.3. The van der Waals surface area contributed by atoms with Gasteiger partial charge in [0.15, 0.2) is 5.82 Å². The number of rotatable bonds is 6. The van der Waals surface area contributed by atoms with Gasteiger partial charge >= 0.3 is 12.1 Å². The second-order valence-corrected chi connectivity index (χ2v) is 4.13. The maximum Gasteiger partial charge on any atom is 0.411 e. The zero-order valence-corrected chi connectivity index (χ0v) is 10.7. The highest BCUT2D eigenvalue weighted by atomic mass is 32.1. The van der Waals surface area contributed by atoms with Crippen molar-refractivity contribution in [1.29, 1.82) is 0 Å². The molecule has 0 fully saturated rings. The number of carbonyl (C=O) groups excluding carboxylic acids is 1. The molecule has 6 nitrogen and oxygen atoms in total. The van der Waals surface area contributed by atoms with Crippen LogP contribution in [0.4, 0.5) is 24.0 Å². The minimum Gasteiger partial charge on any atom is -0.465 e. The minimum absolute atomic E-state index is 0.00978. The topological polar surface area (TPSA) is 86.5 Å². The highest BCUT2D eigenvalue weighted by molar-refractivity contribution is 7.11. The van der Waals surface area contributed by atoms with Crippen molar-refractivity contribution in [2.24, 2.45) is 0 Å². The molecule has 0 spiro atoms. The number of nitrogens with one attached hydrogen (secondary N) is 1. The number of esters is 1. The van der Waals surface area contributed by atoms with Crippen LogP contribution in [0.25, 0.3) is 0 Å². The Morgan fingerprint density at radius 2 is 2.21 bits per heavy atom. The van der Waals surface area contributed by atoms with E-state index in [-0.39, 0.29) is 24.5 Å². The van der Waals surface area contributed by atoms with Crippen molar-refractivity contribution in [3.8, 4) is 0 Å². The molecule has 0 radical (unpaired) electrons. The van der Waals surface area contributed by atoms with Crippen LogP contribution in [0.3, 0.4) is 0 Å². The molecule has 0 aliphatic carbocycles. The SMILES string of the molecule is COC(=O)c1c(N)nsc1NCCOCC(F)(F)F. The normalized spacial score (nSPS) is 11.4. The lowest BCUT2D eigenvalue weighted by Crippen LogP contribution is -2.20. The molecular formula is C9H12F3N3O3S. The van der Waals surface area contributed by atoms with Crippen molar-refractivity contribution in [2.75, 3.05) is 37.9 Å². The molecule has 0 amide bonds. The number of hydrogen-bond acceptors (Lipinski definition) is 7. The number of methoxy groups -OCH3 is 1. The molecule has 1 heterocycles. The minimum atomic E-state index is -4.36. The molecule has 0 aromatic carbocycles. The van der Waals surface area contributed by atoms with Gasteiger partial charge in [-0.3, -0.25) is 0 Å². The second-order valence-electron chi connectivity index (χ2n) is 3.36. The molecule has 1 rings (SSSR count). The van der Waals surface area contributed by atoms with Gasteiger partial charge in [0.1, 0.15) is 17.2 Å². The molecule has 0 bridgehead atoms. The van der Waals surface area contributed by atoms with Gasteiger partial charge in [0.05, 0.1) is 13.7 Å². The third kappa shape index (κ3) is 4.91. The summed E-state index contributed by atoms with van der Waals surface area (Å²) in [7, 11) is 1.19. The predicted octanol–water partition coefficient (Wildman–Crippen LogP) is 1.50. The quantitative estimate of drug-likeness (QED) is 0.611. The van der Waals surface area contributed by atoms with Crippen LogP contribution >= 0.6 is 11.5 Å². The van der Waals surface area contributed by atoms with Gasteiger partial charge in [-0.2, -0.15) is 17.5 Å². The van der Waals surface area contributed by atoms with E-state index in [2.05, 4.69) is 19.2 Å². The highest BCUT2D eigenvalue weighted by Crippen LogP contribution is 2.27. The first-order chi connectivity index (χ1) is 8.85. The number of anilines is 2. The van der Waals surface area contributed by atoms with Crippen LogP contribution in [0, 0.1) is 0 Å². The third-order valence-electron chi connectivity index (χ3n) is 1.91. The van der Waals surface area contributed by atoms with Gasteiger partial charge in [0.2, 0.25) is 0 Å². The Hall–Kier alpha value is -1.55. The Morgan fingerprint density at radius 3 is 2.79 bits per heavy atom. The Morgan fingerprint density at radius 1 is 1.53 bits per heavy atom. The maximum atomic E-state index is 11.8. The second kappa shape index (κ2) is 6.57. The molecule has 10 heteroatoms. The number of alkyl halides is 3. The Balaban J connectivity index is 2.44. The average Bonchev–Trinajstić information content (AvgIpc) is 2.68. The standard InChI is InChI=1S/C9H12F3N3O3S/c1-17-8(16)5-6(13)15-19-7(5)14-2-3-18-4-9(10,11)12/h14H,2-4H2,1H3,(H2,13,15). The number of hydrogen-bond donors (Lipinski definition) is 2. The van der Waals surface area contributed by atoms with Gasteiger partial charge < -0.3 is 20.5 Å². The molecule has 0 saturated carbocycles. The van der Waals surface area contributed by atoms with Crippen molar-refractivity contribution in [3.63, 3.8) is 0 Å². The molecule has 1 aromatic heterocycles. The molecule has 3 N–H and O–H groups in total. The third-order valence-corrected chi connectivity index (χ3v) is 2.72. The van der Waals surface area contributed by atoms with Crippen LogP contribution < -0.4 is 11.1 Å². The number of nitrogens with two attached hydrogens (primary N) is 1. The van der Waals surface area contributed by atoms with Crippen LogP contribution in [0.15, 0.2) is 0 Å². The van der Waals surface area contributed by atoms with Crippen LogP contribution in [-0.4, -0.2) is 43.4 Å². The molecule has 19 heavy (non-hydrogen) atoms. The van der Waals surface area contributed by atoms with E-state index < -0.39 is 18.8 Å². The summed E-state index contributed by atoms with van der Waals surface area (Å²) in [6.45, 7) is -1.40. The Labute approximate surface area is 110 Å². The summed E-state index contributed by atoms with van der Waals surface area (Å²) >= 11 is 0.919. The smallest absolute Gasteiger partial charge is 0.411 e. The Kier molecular flexibility index (Phi) is 5.36. The van der Waals surface area contributed by atoms with E-state index in [9.17, 15) is 18.0 Å². The van der Waals surface area contributed by atoms with E-state index in [4.69, 9.17) is 5.73 Å². The number of nitrogen functional groups attached to an aromatic ring is 1. The lowest BCUT2D eigenvalue weighted by Gasteiger charge is -2.08. The first-order valence-electron chi connectivity index (χ1n) is 5.07. The molecular weight excluding hydrogens is 287 g/mol. The van der Waals surface area contributed by atoms with E-state index in [1.165, 1.54) is 7.11 Å². The van der Waals surface area contributed by atoms with Gasteiger partial charge in [-0.25, -0.2) is 4.79 Å². The van der Waals surface area contributed by atoms with E-state index in [0.29, 0.717) is 5.00 Å². The maximum absolute atomic E-state index is 11.8. The first kappa shape index (κ1) is 15.5. The fourth-order valence-corrected chi connectivity index (χ4v) is 1.87. The summed E-state index contributed by atoms with van der Waals surface area (Å²) in [6.07, 6.45) is -4.36. The van der Waals surface area contributed by atoms with Crippen LogP contribution in [0.2, 0.25) is 0 Å². The highest BCUT2D eigenvalue weighted by Gasteiger charge is 2.27. The molecule has 0 atom stereocenters. The fourth-order valence-electron chi connectivity index (χ4n) is 1.15. The summed E-state index contributed by atoms with van der Waals surface area (Å²) < 4.78 is 48.1. The number of aromatic nitrogens is 1. The van der Waals surface area contributed by atoms with Gasteiger partial charge in [0, 0.05) is 6.54 Å². The largest absolute Gasteiger partial charge is 0.465 e. The number of carbonyl (C=O) groups is 1. The van der Waals surface area contributed by atoms with Crippen molar-refractivity contribution in [1.82, 2.24) is 4.37 Å². The predicted molar refractivity (Wildman–Crippen MR) is 63.2 cm³/mol. The lowest BCUT2D eigenvalue weighted by molar-refractivity contribution is -0.172. The van der Waals surface area contributed by atoms with Gasteiger partial charge in [-0.1, -0.05) is 0 Å². The Bertz CT molecular complexity index is 436. The summed E-state index contributed by atoms with van der Waals surface area (Å²) in [5, 5.41) is 3.05. The fraction of sp³-hybridized carbons (Fsp3) is 0.556. The molecule has 0 aliphatic heterocycles. The average molecular weight is 299 g/mol. The van der Waals surface area contributed by atoms with Gasteiger partial charge in [0.25, 0.3) is 0 Å². The number of nitrogens with zero attached hydrogens (tertiary/aromatic N) is 1. The molecule has 108 valence electrons. The summed E-state index contributed by atoms with van der Waals surface area (Å²) in [4.78, 5) is 11.4. The zero-order chi connectivity index (χ0) is 14.5. The molecule has 0 saturated heterocycles. The van der Waals surface area contributed by atoms with Crippen LogP contribution in [0.1, 0.15) is 10.4 Å². The van der Waals surface area contributed by atoms with Crippen molar-refractivity contribution in [3.05, 3.63) is 5.56 Å². The molecule has 0 aliphatic rings. The van der Waals surface area contributed by atoms with Gasteiger partial charge in [-0.05, 0) is 11.5 Å². The van der Waals surface area contributed by atoms with Crippen LogP contribution in [-0.2, 0) is 9.47 Å². The van der Waals surface area contributed by atoms with E-state index >= 15 is 0 Å². The van der Waals surface area contributed by atoms with E-state index in [0.717, 1.165) is 11.5 Å². The first-order valence-corrected chi connectivity index (χ1v) is 5.84. The van der Waals surface area contributed by atoms with Crippen LogP contribution in [0.5, 0.6) is 0 Å². The van der Waals surface area contributed by atoms with Crippen molar-refractivity contribution in [2.45, 2.75) is 6.18 Å². The zero-order valence-electron chi connectivity index (χ0n) is 9.91.